The van der Waals surface area contributed by atoms with Crippen molar-refractivity contribution in [3.05, 3.63) is 82.1 Å². The molecule has 0 aliphatic rings. The van der Waals surface area contributed by atoms with Crippen LogP contribution in [0.4, 0.5) is 4.39 Å². The quantitative estimate of drug-likeness (QED) is 0.236. The fourth-order valence-electron chi connectivity index (χ4n) is 3.17. The number of hydrogen-bond acceptors (Lipinski definition) is 6. The average molecular weight is 515 g/mol. The number of amides is 1. The van der Waals surface area contributed by atoms with Crippen LogP contribution >= 0.6 is 11.6 Å². The van der Waals surface area contributed by atoms with Crippen molar-refractivity contribution in [2.24, 2.45) is 5.10 Å². The molecule has 0 aromatic heterocycles. The molecule has 1 N–H and O–H groups in total. The van der Waals surface area contributed by atoms with Gasteiger partial charge >= 0.3 is 0 Å². The lowest BCUT2D eigenvalue weighted by atomic mass is 10.2. The lowest BCUT2D eigenvalue weighted by molar-refractivity contribution is 0.0954. The van der Waals surface area contributed by atoms with Gasteiger partial charge < -0.3 is 18.9 Å². The Balaban J connectivity index is 1.67. The summed E-state index contributed by atoms with van der Waals surface area (Å²) in [5.41, 5.74) is 4.23. The van der Waals surface area contributed by atoms with Gasteiger partial charge in [0.25, 0.3) is 5.91 Å². The normalized spacial score (nSPS) is 10.8. The van der Waals surface area contributed by atoms with E-state index in [-0.39, 0.29) is 12.4 Å². The standard InChI is InChI=1S/C27H28ClFN2O5/c1-4-12-35-23-11-8-20(15-24(23)34-5-2)27(32)31-30-16-19-13-22(28)26(25(14-19)33-3)36-17-18-6-9-21(29)10-7-18/h6-11,13-16H,4-5,12,17H2,1-3H3,(H,31,32)/b30-16+. The van der Waals surface area contributed by atoms with Gasteiger partial charge in [0, 0.05) is 5.56 Å². The molecule has 0 unspecified atom stereocenters. The van der Waals surface area contributed by atoms with Crippen LogP contribution in [0.1, 0.15) is 41.8 Å². The van der Waals surface area contributed by atoms with Crippen molar-refractivity contribution in [2.45, 2.75) is 26.9 Å². The summed E-state index contributed by atoms with van der Waals surface area (Å²) in [6.07, 6.45) is 2.30. The van der Waals surface area contributed by atoms with Crippen molar-refractivity contribution < 1.29 is 28.1 Å². The van der Waals surface area contributed by atoms with Gasteiger partial charge in [0.05, 0.1) is 31.6 Å². The number of nitrogens with zero attached hydrogens (tertiary/aromatic N) is 1. The third-order valence-corrected chi connectivity index (χ3v) is 5.18. The largest absolute Gasteiger partial charge is 0.493 e. The van der Waals surface area contributed by atoms with E-state index in [1.54, 1.807) is 42.5 Å². The van der Waals surface area contributed by atoms with E-state index in [1.807, 2.05) is 13.8 Å². The SMILES string of the molecule is CCCOc1ccc(C(=O)N/N=C/c2cc(Cl)c(OCc3ccc(F)cc3)c(OC)c2)cc1OCC. The zero-order valence-electron chi connectivity index (χ0n) is 20.3. The highest BCUT2D eigenvalue weighted by molar-refractivity contribution is 6.32. The number of carbonyl (C=O) groups is 1. The van der Waals surface area contributed by atoms with E-state index in [9.17, 15) is 9.18 Å². The Morgan fingerprint density at radius 2 is 1.78 bits per heavy atom. The van der Waals surface area contributed by atoms with Crippen molar-refractivity contribution in [3.8, 4) is 23.0 Å². The number of carbonyl (C=O) groups excluding carboxylic acids is 1. The number of rotatable bonds is 12. The highest BCUT2D eigenvalue weighted by atomic mass is 35.5. The van der Waals surface area contributed by atoms with Gasteiger partial charge in [0.1, 0.15) is 12.4 Å². The molecule has 0 saturated heterocycles. The molecule has 0 spiro atoms. The first-order chi connectivity index (χ1) is 17.4. The summed E-state index contributed by atoms with van der Waals surface area (Å²) < 4.78 is 35.6. The minimum atomic E-state index is -0.411. The second-order valence-electron chi connectivity index (χ2n) is 7.59. The average Bonchev–Trinajstić information content (AvgIpc) is 2.88. The predicted octanol–water partition coefficient (Wildman–Crippen LogP) is 6.02. The van der Waals surface area contributed by atoms with Crippen LogP contribution in [0, 0.1) is 5.82 Å². The number of nitrogens with one attached hydrogen (secondary N) is 1. The summed E-state index contributed by atoms with van der Waals surface area (Å²) in [6.45, 7) is 5.05. The molecule has 0 fully saturated rings. The zero-order valence-corrected chi connectivity index (χ0v) is 21.1. The minimum absolute atomic E-state index is 0.186. The van der Waals surface area contributed by atoms with Crippen molar-refractivity contribution in [2.75, 3.05) is 20.3 Å². The van der Waals surface area contributed by atoms with Gasteiger partial charge in [-0.25, -0.2) is 9.82 Å². The van der Waals surface area contributed by atoms with E-state index >= 15 is 0 Å². The number of benzene rings is 3. The maximum Gasteiger partial charge on any atom is 0.271 e. The van der Waals surface area contributed by atoms with Gasteiger partial charge in [-0.15, -0.1) is 0 Å². The Kier molecular flexibility index (Phi) is 9.94. The monoisotopic (exact) mass is 514 g/mol. The molecule has 190 valence electrons. The van der Waals surface area contributed by atoms with Crippen LogP contribution in [0.2, 0.25) is 5.02 Å². The molecule has 0 aliphatic carbocycles. The molecule has 0 radical (unpaired) electrons. The predicted molar refractivity (Wildman–Crippen MR) is 137 cm³/mol. The van der Waals surface area contributed by atoms with Crippen molar-refractivity contribution in [1.82, 2.24) is 5.43 Å². The van der Waals surface area contributed by atoms with Crippen molar-refractivity contribution >= 4 is 23.7 Å². The van der Waals surface area contributed by atoms with E-state index < -0.39 is 5.91 Å². The fraction of sp³-hybridized carbons (Fsp3) is 0.259. The molecule has 3 aromatic rings. The van der Waals surface area contributed by atoms with Gasteiger partial charge in [-0.1, -0.05) is 30.7 Å². The summed E-state index contributed by atoms with van der Waals surface area (Å²) in [7, 11) is 1.49. The Morgan fingerprint density at radius 3 is 2.47 bits per heavy atom. The van der Waals surface area contributed by atoms with E-state index in [2.05, 4.69) is 10.5 Å². The van der Waals surface area contributed by atoms with Crippen LogP contribution in [0.5, 0.6) is 23.0 Å². The van der Waals surface area contributed by atoms with Crippen LogP contribution in [-0.2, 0) is 6.61 Å². The molecular formula is C27H28ClFN2O5. The Bertz CT molecular complexity index is 1200. The summed E-state index contributed by atoms with van der Waals surface area (Å²) in [5.74, 6) is 1.09. The first kappa shape index (κ1) is 26.8. The molecule has 3 aromatic carbocycles. The van der Waals surface area contributed by atoms with E-state index in [0.717, 1.165) is 12.0 Å². The van der Waals surface area contributed by atoms with Crippen LogP contribution in [0.3, 0.4) is 0 Å². The van der Waals surface area contributed by atoms with Gasteiger partial charge in [-0.05, 0) is 66.9 Å². The maximum atomic E-state index is 13.1. The number of halogens is 2. The first-order valence-electron chi connectivity index (χ1n) is 11.4. The van der Waals surface area contributed by atoms with Crippen molar-refractivity contribution in [1.29, 1.82) is 0 Å². The molecule has 0 bridgehead atoms. The van der Waals surface area contributed by atoms with Gasteiger partial charge in [-0.3, -0.25) is 4.79 Å². The molecule has 36 heavy (non-hydrogen) atoms. The van der Waals surface area contributed by atoms with Gasteiger partial charge in [0.15, 0.2) is 23.0 Å². The third kappa shape index (κ3) is 7.36. The lowest BCUT2D eigenvalue weighted by Crippen LogP contribution is -2.17. The van der Waals surface area contributed by atoms with Crippen molar-refractivity contribution in [3.63, 3.8) is 0 Å². The molecular weight excluding hydrogens is 487 g/mol. The summed E-state index contributed by atoms with van der Waals surface area (Å²) in [6, 6.07) is 14.2. The molecule has 3 rings (SSSR count). The second-order valence-corrected chi connectivity index (χ2v) is 8.00. The fourth-order valence-corrected chi connectivity index (χ4v) is 3.44. The topological polar surface area (TPSA) is 78.4 Å². The molecule has 0 saturated carbocycles. The number of hydrazone groups is 1. The third-order valence-electron chi connectivity index (χ3n) is 4.90. The van der Waals surface area contributed by atoms with E-state index in [1.165, 1.54) is 25.5 Å². The Morgan fingerprint density at radius 1 is 1.00 bits per heavy atom. The number of ether oxygens (including phenoxy) is 4. The smallest absolute Gasteiger partial charge is 0.271 e. The molecule has 7 nitrogen and oxygen atoms in total. The summed E-state index contributed by atoms with van der Waals surface area (Å²) >= 11 is 6.40. The van der Waals surface area contributed by atoms with Gasteiger partial charge in [0.2, 0.25) is 0 Å². The Hall–Kier alpha value is -3.78. The number of methoxy groups -OCH3 is 1. The lowest BCUT2D eigenvalue weighted by Gasteiger charge is -2.13. The number of hydrogen-bond donors (Lipinski definition) is 1. The van der Waals surface area contributed by atoms with E-state index in [4.69, 9.17) is 30.5 Å². The zero-order chi connectivity index (χ0) is 25.9. The second kappa shape index (κ2) is 13.3. The van der Waals surface area contributed by atoms with Crippen LogP contribution in [-0.4, -0.2) is 32.4 Å². The summed E-state index contributed by atoms with van der Waals surface area (Å²) in [4.78, 5) is 12.6. The van der Waals surface area contributed by atoms with E-state index in [0.29, 0.717) is 52.4 Å². The van der Waals surface area contributed by atoms with Gasteiger partial charge in [-0.2, -0.15) is 5.10 Å². The van der Waals surface area contributed by atoms with Crippen LogP contribution in [0.25, 0.3) is 0 Å². The molecule has 0 aliphatic heterocycles. The highest BCUT2D eigenvalue weighted by Crippen LogP contribution is 2.36. The Labute approximate surface area is 214 Å². The molecule has 0 atom stereocenters. The first-order valence-corrected chi connectivity index (χ1v) is 11.8. The molecule has 9 heteroatoms. The minimum Gasteiger partial charge on any atom is -0.493 e. The molecule has 1 amide bonds. The maximum absolute atomic E-state index is 13.1. The molecule has 0 heterocycles. The highest BCUT2D eigenvalue weighted by Gasteiger charge is 2.13. The van der Waals surface area contributed by atoms with Crippen LogP contribution < -0.4 is 24.4 Å². The summed E-state index contributed by atoms with van der Waals surface area (Å²) in [5, 5.41) is 4.33. The van der Waals surface area contributed by atoms with Crippen LogP contribution in [0.15, 0.2) is 59.7 Å².